The molecule has 2 heterocycles. The number of thioether (sulfide) groups is 1. The summed E-state index contributed by atoms with van der Waals surface area (Å²) in [7, 11) is 0. The van der Waals surface area contributed by atoms with Crippen LogP contribution in [-0.2, 0) is 19.1 Å². The number of hydrogen-bond acceptors (Lipinski definition) is 6. The van der Waals surface area contributed by atoms with Gasteiger partial charge in [-0.3, -0.25) is 19.4 Å². The number of β-lactam (4-membered cyclic amide) rings is 1. The van der Waals surface area contributed by atoms with Crippen LogP contribution in [0.5, 0.6) is 0 Å². The van der Waals surface area contributed by atoms with Crippen molar-refractivity contribution in [1.29, 1.82) is 0 Å². The maximum atomic E-state index is 13.1. The fraction of sp³-hybridized carbons (Fsp3) is 0.360. The number of carboxylic acids is 1. The number of nitrogens with zero attached hydrogens (tertiary/aromatic N) is 2. The van der Waals surface area contributed by atoms with Gasteiger partial charge in [0.05, 0.1) is 0 Å². The third-order valence-electron chi connectivity index (χ3n) is 5.69. The molecule has 1 saturated heterocycles. The van der Waals surface area contributed by atoms with Gasteiger partial charge in [0.25, 0.3) is 5.91 Å². The second-order valence-corrected chi connectivity index (χ2v) is 11.2. The second kappa shape index (κ2) is 9.67. The SMILES string of the molecule is CC1=C(C(=O)O)N2C(=O)C(NC(=O)CN(C(=O)OC(C)(C)C)c3ccc4cc(Cl)ccc4c3)[C@@H]2SC1. The quantitative estimate of drug-likeness (QED) is 0.560. The smallest absolute Gasteiger partial charge is 0.415 e. The van der Waals surface area contributed by atoms with E-state index in [0.717, 1.165) is 10.8 Å². The monoisotopic (exact) mass is 531 g/mol. The van der Waals surface area contributed by atoms with Crippen LogP contribution >= 0.6 is 23.4 Å². The number of hydrogen-bond donors (Lipinski definition) is 2. The lowest BCUT2D eigenvalue weighted by atomic mass is 10.0. The van der Waals surface area contributed by atoms with E-state index in [-0.39, 0.29) is 5.70 Å². The van der Waals surface area contributed by atoms with Gasteiger partial charge in [0.15, 0.2) is 0 Å². The summed E-state index contributed by atoms with van der Waals surface area (Å²) in [5.41, 5.74) is 0.197. The van der Waals surface area contributed by atoms with E-state index in [1.807, 2.05) is 6.07 Å². The van der Waals surface area contributed by atoms with E-state index >= 15 is 0 Å². The molecule has 11 heteroatoms. The molecule has 4 rings (SSSR count). The van der Waals surface area contributed by atoms with E-state index < -0.39 is 47.4 Å². The van der Waals surface area contributed by atoms with Crippen LogP contribution in [0.1, 0.15) is 27.7 Å². The van der Waals surface area contributed by atoms with Gasteiger partial charge in [-0.1, -0.05) is 23.7 Å². The van der Waals surface area contributed by atoms with Gasteiger partial charge in [0, 0.05) is 16.5 Å². The Morgan fingerprint density at radius 2 is 1.86 bits per heavy atom. The van der Waals surface area contributed by atoms with Crippen molar-refractivity contribution in [3.05, 3.63) is 52.7 Å². The number of ether oxygens (including phenoxy) is 1. The van der Waals surface area contributed by atoms with Crippen molar-refractivity contribution in [2.24, 2.45) is 0 Å². The normalized spacial score (nSPS) is 19.5. The summed E-state index contributed by atoms with van der Waals surface area (Å²) in [6.45, 7) is 6.45. The van der Waals surface area contributed by atoms with Crippen LogP contribution < -0.4 is 10.2 Å². The number of carbonyl (C=O) groups excluding carboxylic acids is 3. The molecular weight excluding hydrogens is 506 g/mol. The molecule has 1 unspecified atom stereocenters. The summed E-state index contributed by atoms with van der Waals surface area (Å²) in [5, 5.41) is 13.9. The van der Waals surface area contributed by atoms with Crippen molar-refractivity contribution in [2.45, 2.75) is 44.7 Å². The molecule has 9 nitrogen and oxygen atoms in total. The van der Waals surface area contributed by atoms with Crippen LogP contribution in [0, 0.1) is 0 Å². The number of aliphatic carboxylic acids is 1. The third-order valence-corrected chi connectivity index (χ3v) is 7.35. The van der Waals surface area contributed by atoms with Crippen LogP contribution in [0.4, 0.5) is 10.5 Å². The van der Waals surface area contributed by atoms with Crippen LogP contribution in [0.25, 0.3) is 10.8 Å². The third kappa shape index (κ3) is 5.15. The zero-order chi connectivity index (χ0) is 26.4. The van der Waals surface area contributed by atoms with Gasteiger partial charge < -0.3 is 15.2 Å². The molecule has 3 amide bonds. The van der Waals surface area contributed by atoms with Crippen molar-refractivity contribution in [1.82, 2.24) is 10.2 Å². The highest BCUT2D eigenvalue weighted by Gasteiger charge is 2.53. The number of fused-ring (bicyclic) bond motifs is 2. The van der Waals surface area contributed by atoms with Gasteiger partial charge >= 0.3 is 12.1 Å². The highest BCUT2D eigenvalue weighted by molar-refractivity contribution is 8.00. The number of halogens is 1. The Morgan fingerprint density at radius 3 is 2.53 bits per heavy atom. The van der Waals surface area contributed by atoms with E-state index in [0.29, 0.717) is 22.0 Å². The van der Waals surface area contributed by atoms with E-state index in [1.54, 1.807) is 58.0 Å². The maximum Gasteiger partial charge on any atom is 0.415 e. The highest BCUT2D eigenvalue weighted by Crippen LogP contribution is 2.40. The molecule has 0 radical (unpaired) electrons. The molecule has 2 aromatic rings. The molecule has 0 aromatic heterocycles. The molecular formula is C25H26ClN3O6S. The average molecular weight is 532 g/mol. The summed E-state index contributed by atoms with van der Waals surface area (Å²) in [6, 6.07) is 9.69. The molecule has 2 aliphatic heterocycles. The average Bonchev–Trinajstić information content (AvgIpc) is 2.79. The fourth-order valence-electron chi connectivity index (χ4n) is 4.09. The first-order chi connectivity index (χ1) is 16.9. The lowest BCUT2D eigenvalue weighted by Crippen LogP contribution is -2.71. The Bertz CT molecular complexity index is 1300. The Kier molecular flexibility index (Phi) is 6.94. The number of benzene rings is 2. The second-order valence-electron chi connectivity index (χ2n) is 9.63. The first kappa shape index (κ1) is 25.8. The minimum absolute atomic E-state index is 0.0408. The van der Waals surface area contributed by atoms with Crippen LogP contribution in [-0.4, -0.2) is 63.2 Å². The number of carboxylic acid groups (broad SMARTS) is 1. The number of amides is 3. The molecule has 0 spiro atoms. The first-order valence-electron chi connectivity index (χ1n) is 11.2. The summed E-state index contributed by atoms with van der Waals surface area (Å²) in [4.78, 5) is 52.8. The molecule has 2 atom stereocenters. The van der Waals surface area contributed by atoms with Gasteiger partial charge in [-0.2, -0.15) is 0 Å². The van der Waals surface area contributed by atoms with Crippen LogP contribution in [0.2, 0.25) is 5.02 Å². The molecule has 2 N–H and O–H groups in total. The highest BCUT2D eigenvalue weighted by atomic mass is 35.5. The topological polar surface area (TPSA) is 116 Å². The minimum atomic E-state index is -1.18. The molecule has 0 aliphatic carbocycles. The lowest BCUT2D eigenvalue weighted by molar-refractivity contribution is -0.150. The Balaban J connectivity index is 1.54. The van der Waals surface area contributed by atoms with Crippen molar-refractivity contribution in [3.63, 3.8) is 0 Å². The molecule has 0 bridgehead atoms. The van der Waals surface area contributed by atoms with E-state index in [1.165, 1.54) is 21.6 Å². The van der Waals surface area contributed by atoms with E-state index in [9.17, 15) is 24.3 Å². The van der Waals surface area contributed by atoms with Crippen LogP contribution in [0.3, 0.4) is 0 Å². The zero-order valence-corrected chi connectivity index (χ0v) is 21.8. The fourth-order valence-corrected chi connectivity index (χ4v) is 5.56. The molecule has 36 heavy (non-hydrogen) atoms. The Labute approximate surface area is 217 Å². The summed E-state index contributed by atoms with van der Waals surface area (Å²) < 4.78 is 5.53. The molecule has 1 fully saturated rings. The molecule has 190 valence electrons. The maximum absolute atomic E-state index is 13.1. The largest absolute Gasteiger partial charge is 0.477 e. The molecule has 0 saturated carbocycles. The predicted molar refractivity (Wildman–Crippen MR) is 138 cm³/mol. The van der Waals surface area contributed by atoms with Crippen molar-refractivity contribution >= 4 is 63.7 Å². The van der Waals surface area contributed by atoms with Gasteiger partial charge in [0.2, 0.25) is 5.91 Å². The minimum Gasteiger partial charge on any atom is -0.477 e. The number of carbonyl (C=O) groups is 4. The van der Waals surface area contributed by atoms with Crippen molar-refractivity contribution in [2.75, 3.05) is 17.2 Å². The first-order valence-corrected chi connectivity index (χ1v) is 12.7. The Morgan fingerprint density at radius 1 is 1.19 bits per heavy atom. The summed E-state index contributed by atoms with van der Waals surface area (Å²) in [6.07, 6.45) is -0.716. The van der Waals surface area contributed by atoms with E-state index in [2.05, 4.69) is 5.32 Å². The number of rotatable bonds is 5. The van der Waals surface area contributed by atoms with Gasteiger partial charge in [-0.15, -0.1) is 11.8 Å². The summed E-state index contributed by atoms with van der Waals surface area (Å²) >= 11 is 7.45. The lowest BCUT2D eigenvalue weighted by Gasteiger charge is -2.49. The number of nitrogens with one attached hydrogen (secondary N) is 1. The standard InChI is InChI=1S/C25H26ClN3O6S/c1-13-12-36-22-19(21(31)29(22)20(13)23(32)33)27-18(30)11-28(24(34)35-25(2,3)4)17-8-6-14-9-16(26)7-5-15(14)10-17/h5-10,19,22H,11-12H2,1-4H3,(H,27,30)(H,32,33)/t19?,22-/m0/s1. The van der Waals surface area contributed by atoms with Crippen molar-refractivity contribution < 1.29 is 29.0 Å². The van der Waals surface area contributed by atoms with Crippen molar-refractivity contribution in [3.8, 4) is 0 Å². The number of anilines is 1. The molecule has 2 aromatic carbocycles. The zero-order valence-electron chi connectivity index (χ0n) is 20.2. The van der Waals surface area contributed by atoms with Gasteiger partial charge in [0.1, 0.15) is 29.3 Å². The van der Waals surface area contributed by atoms with Gasteiger partial charge in [-0.05, 0) is 68.3 Å². The summed E-state index contributed by atoms with van der Waals surface area (Å²) in [5.74, 6) is -1.81. The Hall–Kier alpha value is -3.24. The van der Waals surface area contributed by atoms with E-state index in [4.69, 9.17) is 16.3 Å². The van der Waals surface area contributed by atoms with Gasteiger partial charge in [-0.25, -0.2) is 9.59 Å². The van der Waals surface area contributed by atoms with Crippen LogP contribution in [0.15, 0.2) is 47.7 Å². The predicted octanol–water partition coefficient (Wildman–Crippen LogP) is 3.99. The molecule has 2 aliphatic rings.